The fraction of sp³-hybridized carbons (Fsp3) is 0.391. The molecular formula is C69H70Cl2F6N12O13. The number of aromatic nitrogens is 6. The van der Waals surface area contributed by atoms with Gasteiger partial charge in [0, 0.05) is 25.8 Å². The van der Waals surface area contributed by atoms with Gasteiger partial charge < -0.3 is 43.6 Å². The number of aliphatic hydroxyl groups is 1. The fourth-order valence-electron chi connectivity index (χ4n) is 9.38. The molecule has 102 heavy (non-hydrogen) atoms. The number of benzene rings is 3. The van der Waals surface area contributed by atoms with Crippen molar-refractivity contribution in [2.45, 2.75) is 133 Å². The van der Waals surface area contributed by atoms with E-state index in [1.54, 1.807) is 48.5 Å². The zero-order valence-corrected chi connectivity index (χ0v) is 58.2. The average Bonchev–Trinajstić information content (AvgIpc) is 1.06. The Hall–Kier alpha value is -10.9. The molecule has 9 rings (SSSR count). The molecule has 3 fully saturated rings. The number of likely N-dealkylation sites (tertiary alicyclic amines) is 2. The number of β-amino-alcohol motifs (C(OH)–C–C–N with tert-alkyl or cyclic N) is 1. The number of carbonyl (C=O) groups excluding carboxylic acids is 5. The lowest BCUT2D eigenvalue weighted by Gasteiger charge is -2.27. The molecule has 2 N–H and O–H groups in total. The number of allylic oxidation sites excluding steroid dienone is 3. The van der Waals surface area contributed by atoms with Crippen LogP contribution in [0.15, 0.2) is 92.6 Å². The van der Waals surface area contributed by atoms with Gasteiger partial charge in [0.15, 0.2) is 22.2 Å². The Morgan fingerprint density at radius 1 is 0.588 bits per heavy atom. The van der Waals surface area contributed by atoms with E-state index in [1.807, 2.05) is 18.2 Å². The second kappa shape index (κ2) is 35.9. The number of alkyl halides is 6. The van der Waals surface area contributed by atoms with Gasteiger partial charge in [0.2, 0.25) is 11.8 Å². The third kappa shape index (κ3) is 22.3. The molecule has 3 aromatic carbocycles. The summed E-state index contributed by atoms with van der Waals surface area (Å²) in [5, 5.41) is 38.9. The number of nitrogens with zero attached hydrogens (tertiary/aromatic N) is 11. The van der Waals surface area contributed by atoms with Crippen LogP contribution in [0.25, 0.3) is 33.1 Å². The van der Waals surface area contributed by atoms with E-state index in [9.17, 15) is 55.4 Å². The first-order chi connectivity index (χ1) is 47.4. The molecule has 3 aromatic heterocycles. The Morgan fingerprint density at radius 2 is 0.971 bits per heavy atom. The van der Waals surface area contributed by atoms with Crippen LogP contribution in [-0.2, 0) is 55.8 Å². The summed E-state index contributed by atoms with van der Waals surface area (Å²) in [6, 6.07) is 16.4. The molecule has 0 unspecified atom stereocenters. The minimum absolute atomic E-state index is 0. The van der Waals surface area contributed by atoms with Crippen molar-refractivity contribution < 1.29 is 88.6 Å². The van der Waals surface area contributed by atoms with Crippen molar-refractivity contribution in [3.05, 3.63) is 131 Å². The number of hydrogen-bond acceptors (Lipinski definition) is 23. The van der Waals surface area contributed by atoms with E-state index in [0.717, 1.165) is 4.90 Å². The van der Waals surface area contributed by atoms with E-state index in [1.165, 1.54) is 80.8 Å². The first-order valence-electron chi connectivity index (χ1n) is 30.1. The minimum Gasteiger partial charge on any atom is -0.471 e. The predicted molar refractivity (Wildman–Crippen MR) is 360 cm³/mol. The van der Waals surface area contributed by atoms with Gasteiger partial charge in [-0.25, -0.2) is 49.1 Å². The maximum atomic E-state index is 14.6. The number of fused-ring (bicyclic) bond motifs is 3. The molecule has 2 amide bonds. The number of halogens is 8. The van der Waals surface area contributed by atoms with E-state index in [4.69, 9.17) is 57.5 Å². The van der Waals surface area contributed by atoms with Gasteiger partial charge in [-0.3, -0.25) is 14.6 Å². The largest absolute Gasteiger partial charge is 0.471 e. The van der Waals surface area contributed by atoms with Gasteiger partial charge in [-0.15, -0.1) is 18.8 Å². The number of aliphatic hydroxyl groups excluding tert-OH is 1. The quantitative estimate of drug-likeness (QED) is 0.0357. The predicted octanol–water partition coefficient (Wildman–Crippen LogP) is 10.8. The second-order valence-electron chi connectivity index (χ2n) is 23.7. The molecule has 25 nitrogen and oxygen atoms in total. The summed E-state index contributed by atoms with van der Waals surface area (Å²) in [7, 11) is 3.69. The first kappa shape index (κ1) is 83.5. The Labute approximate surface area is 593 Å². The number of carbonyl (C=O) groups is 5. The highest BCUT2D eigenvalue weighted by Crippen LogP contribution is 2.39. The van der Waals surface area contributed by atoms with Crippen molar-refractivity contribution in [3.8, 4) is 54.2 Å². The molecule has 0 saturated carbocycles. The molecule has 540 valence electrons. The lowest BCUT2D eigenvalue weighted by Crippen LogP contribution is -2.44. The number of terminal acetylenes is 1. The topological polar surface area (TPSA) is 337 Å². The molecule has 33 heteroatoms. The van der Waals surface area contributed by atoms with E-state index in [-0.39, 0.29) is 90.3 Å². The summed E-state index contributed by atoms with van der Waals surface area (Å²) < 4.78 is 121. The van der Waals surface area contributed by atoms with Gasteiger partial charge in [0.05, 0.1) is 109 Å². The minimum atomic E-state index is -3.57. The summed E-state index contributed by atoms with van der Waals surface area (Å²) in [5.74, 6) is -5.84. The van der Waals surface area contributed by atoms with Crippen LogP contribution in [0.5, 0.6) is 11.8 Å². The van der Waals surface area contributed by atoms with E-state index >= 15 is 0 Å². The molecule has 0 radical (unpaired) electrons. The molecular weight excluding hydrogens is 1390 g/mol. The van der Waals surface area contributed by atoms with Gasteiger partial charge in [0.1, 0.15) is 41.5 Å². The van der Waals surface area contributed by atoms with Crippen LogP contribution < -0.4 is 14.8 Å². The standard InChI is InChI=1S/C23H24F2N4O5.C18H16F2N4O3.C12H6ClF2N3.C11H19NO5.C5H4.ClH/c1-6-23(24,25)18-19(28-16-9-13(11-26)7-8-15(16)27-18)33-14-10-17(20(30)32-5)29(12-14)21(31)34-22(2,3)4;1-3-18(19,20)15-16(27-11-7-14(22-9-11)17(25)26-2)24-13-6-10(8-21)4-5-12(13)23-15;1-2-12(14,15)10-11(13)18-9-5-7(6-16)3-4-8(9)17-10;1-11(2,3)17-10(15)12-6-7(13)5-8(12)9(14)16-4;1-3-5-4-2;/h6-9,14,17H,1,10,12H2,2-5H3;3-6,11,14,22H,1,7,9H2,2H3;2-5H,1H2;7-8,13H,5-6H2,1-4H3;1H,2H3;1H/t14-,17+;11-,14+;;7-,8+;;/m11.1../s1. The highest BCUT2D eigenvalue weighted by molar-refractivity contribution is 6.30. The fourth-order valence-corrected chi connectivity index (χ4v) is 9.64. The normalized spacial score (nSPS) is 17.5. The Kier molecular flexibility index (Phi) is 29.4. The van der Waals surface area contributed by atoms with Crippen molar-refractivity contribution in [2.75, 3.05) is 41.0 Å². The van der Waals surface area contributed by atoms with Crippen LogP contribution >= 0.6 is 24.0 Å². The highest BCUT2D eigenvalue weighted by atomic mass is 35.5. The average molecular weight is 1460 g/mol. The zero-order valence-electron chi connectivity index (χ0n) is 56.7. The molecule has 0 spiro atoms. The van der Waals surface area contributed by atoms with E-state index < -0.39 is 124 Å². The van der Waals surface area contributed by atoms with Crippen LogP contribution in [-0.4, -0.2) is 164 Å². The Balaban J connectivity index is 0.000000291. The smallest absolute Gasteiger partial charge is 0.411 e. The zero-order chi connectivity index (χ0) is 75.5. The van der Waals surface area contributed by atoms with Gasteiger partial charge in [-0.05, 0) is 133 Å². The number of ether oxygens (including phenoxy) is 7. The molecule has 3 aliphatic heterocycles. The molecule has 6 aromatic rings. The highest BCUT2D eigenvalue weighted by Gasteiger charge is 2.46. The van der Waals surface area contributed by atoms with Gasteiger partial charge in [-0.2, -0.15) is 42.1 Å². The summed E-state index contributed by atoms with van der Waals surface area (Å²) in [6.07, 6.45) is 2.89. The number of amides is 2. The van der Waals surface area contributed by atoms with Crippen LogP contribution in [0.2, 0.25) is 5.15 Å². The van der Waals surface area contributed by atoms with Crippen LogP contribution in [0.3, 0.4) is 0 Å². The van der Waals surface area contributed by atoms with E-state index in [0.29, 0.717) is 34.9 Å². The number of rotatable bonds is 13. The number of hydrogen-bond donors (Lipinski definition) is 2. The maximum Gasteiger partial charge on any atom is 0.411 e. The van der Waals surface area contributed by atoms with Gasteiger partial charge in [-0.1, -0.05) is 37.3 Å². The first-order valence-corrected chi connectivity index (χ1v) is 30.5. The summed E-state index contributed by atoms with van der Waals surface area (Å²) in [4.78, 5) is 86.0. The third-order valence-electron chi connectivity index (χ3n) is 14.1. The van der Waals surface area contributed by atoms with Crippen molar-refractivity contribution in [1.29, 1.82) is 15.8 Å². The maximum absolute atomic E-state index is 14.6. The number of nitriles is 3. The molecule has 3 aliphatic rings. The van der Waals surface area contributed by atoms with Gasteiger partial charge >= 0.3 is 47.9 Å². The summed E-state index contributed by atoms with van der Waals surface area (Å²) >= 11 is 5.68. The lowest BCUT2D eigenvalue weighted by atomic mass is 10.1. The Morgan fingerprint density at radius 3 is 1.34 bits per heavy atom. The summed E-state index contributed by atoms with van der Waals surface area (Å²) in [6.45, 7) is 21.5. The van der Waals surface area contributed by atoms with Gasteiger partial charge in [0.25, 0.3) is 0 Å². The van der Waals surface area contributed by atoms with Crippen molar-refractivity contribution in [3.63, 3.8) is 0 Å². The number of methoxy groups -OCH3 is 3. The van der Waals surface area contributed by atoms with Crippen LogP contribution in [0, 0.1) is 58.2 Å². The molecule has 6 heterocycles. The van der Waals surface area contributed by atoms with Crippen molar-refractivity contribution >= 4 is 87.2 Å². The van der Waals surface area contributed by atoms with Crippen molar-refractivity contribution in [1.82, 2.24) is 45.0 Å². The van der Waals surface area contributed by atoms with Crippen LogP contribution in [0.1, 0.15) is 102 Å². The van der Waals surface area contributed by atoms with Crippen LogP contribution in [0.4, 0.5) is 35.9 Å². The van der Waals surface area contributed by atoms with Crippen molar-refractivity contribution in [2.24, 2.45) is 0 Å². The summed E-state index contributed by atoms with van der Waals surface area (Å²) in [5.41, 5.74) is -1.30. The molecule has 3 saturated heterocycles. The molecule has 0 bridgehead atoms. The Bertz CT molecular complexity index is 4370. The number of nitrogens with one attached hydrogen (secondary N) is 1. The van der Waals surface area contributed by atoms with E-state index in [2.05, 4.69) is 82.2 Å². The lowest BCUT2D eigenvalue weighted by molar-refractivity contribution is -0.146. The second-order valence-corrected chi connectivity index (χ2v) is 24.1. The molecule has 6 atom stereocenters. The SMILES string of the molecule is C#CC#CC.C=CC(F)(F)c1nc2ccc(C#N)cc2nc1Cl.C=CC(F)(F)c1nc2ccc(C#N)cc2nc1O[C@@H]1C[C@@H](C(=O)OC)N(C(=O)OC(C)(C)C)C1.C=CC(F)(F)c1nc2ccc(C#N)cc2nc1O[C@H]1CN[C@H](C(=O)OC)C1.COC(=O)[C@@H]1C[C@@H](O)CN1C(=O)OC(C)(C)C.Cl. The number of esters is 3. The monoisotopic (exact) mass is 1460 g/mol. The molecule has 0 aliphatic carbocycles. The third-order valence-corrected chi connectivity index (χ3v) is 14.3.